The van der Waals surface area contributed by atoms with Crippen LogP contribution in [0.4, 0.5) is 4.79 Å². The average molecular weight is 281 g/mol. The van der Waals surface area contributed by atoms with Crippen LogP contribution in [0, 0.1) is 0 Å². The minimum atomic E-state index is -0.397. The molecule has 0 saturated carbocycles. The van der Waals surface area contributed by atoms with Crippen LogP contribution in [-0.4, -0.2) is 23.9 Å². The molecule has 0 atom stereocenters. The predicted molar refractivity (Wildman–Crippen MR) is 63.4 cm³/mol. The molecule has 4 nitrogen and oxygen atoms in total. The summed E-state index contributed by atoms with van der Waals surface area (Å²) in [7, 11) is 1.44. The van der Waals surface area contributed by atoms with Gasteiger partial charge in [0.15, 0.2) is 0 Å². The normalized spacial score (nSPS) is 18.1. The van der Waals surface area contributed by atoms with Crippen LogP contribution in [0.3, 0.4) is 0 Å². The number of carbonyl (C=O) groups excluding carboxylic acids is 2. The third-order valence-electron chi connectivity index (χ3n) is 2.24. The molecular formula is C11H9BrN2O2. The Morgan fingerprint density at radius 3 is 2.69 bits per heavy atom. The van der Waals surface area contributed by atoms with Gasteiger partial charge in [-0.2, -0.15) is 0 Å². The highest BCUT2D eigenvalue weighted by Crippen LogP contribution is 2.16. The van der Waals surface area contributed by atoms with Gasteiger partial charge in [0.05, 0.1) is 0 Å². The van der Waals surface area contributed by atoms with Crippen LogP contribution >= 0.6 is 15.9 Å². The van der Waals surface area contributed by atoms with E-state index in [-0.39, 0.29) is 5.91 Å². The highest BCUT2D eigenvalue weighted by Gasteiger charge is 2.29. The number of nitrogens with one attached hydrogen (secondary N) is 1. The van der Waals surface area contributed by atoms with E-state index in [1.54, 1.807) is 6.08 Å². The van der Waals surface area contributed by atoms with Gasteiger partial charge < -0.3 is 5.32 Å². The number of nitrogens with zero attached hydrogens (tertiary/aromatic N) is 1. The lowest BCUT2D eigenvalue weighted by molar-refractivity contribution is -0.121. The number of halogens is 1. The molecule has 0 radical (unpaired) electrons. The Morgan fingerprint density at radius 1 is 1.38 bits per heavy atom. The maximum atomic E-state index is 11.6. The second-order valence-electron chi connectivity index (χ2n) is 3.41. The van der Waals surface area contributed by atoms with Crippen molar-refractivity contribution in [3.8, 4) is 0 Å². The van der Waals surface area contributed by atoms with Crippen molar-refractivity contribution in [3.05, 3.63) is 40.0 Å². The van der Waals surface area contributed by atoms with Crippen molar-refractivity contribution in [2.24, 2.45) is 0 Å². The third-order valence-corrected chi connectivity index (χ3v) is 2.73. The summed E-state index contributed by atoms with van der Waals surface area (Å²) in [4.78, 5) is 23.8. The highest BCUT2D eigenvalue weighted by molar-refractivity contribution is 9.10. The maximum absolute atomic E-state index is 11.6. The third kappa shape index (κ3) is 1.99. The molecule has 82 valence electrons. The first kappa shape index (κ1) is 10.9. The molecule has 0 aliphatic carbocycles. The van der Waals surface area contributed by atoms with E-state index in [2.05, 4.69) is 21.2 Å². The Morgan fingerprint density at radius 2 is 2.12 bits per heavy atom. The Balaban J connectivity index is 2.33. The number of benzene rings is 1. The smallest absolute Gasteiger partial charge is 0.303 e. The molecule has 0 aromatic heterocycles. The van der Waals surface area contributed by atoms with Crippen molar-refractivity contribution < 1.29 is 9.59 Å². The van der Waals surface area contributed by atoms with E-state index in [9.17, 15) is 9.59 Å². The van der Waals surface area contributed by atoms with Gasteiger partial charge in [0, 0.05) is 11.5 Å². The van der Waals surface area contributed by atoms with E-state index in [0.29, 0.717) is 5.70 Å². The Bertz CT molecular complexity index is 497. The van der Waals surface area contributed by atoms with Crippen LogP contribution in [-0.2, 0) is 4.79 Å². The van der Waals surface area contributed by atoms with Crippen LogP contribution in [0.5, 0.6) is 0 Å². The van der Waals surface area contributed by atoms with E-state index in [0.717, 1.165) is 14.9 Å². The summed E-state index contributed by atoms with van der Waals surface area (Å²) < 4.78 is 0.923. The van der Waals surface area contributed by atoms with Gasteiger partial charge in [0.2, 0.25) is 0 Å². The van der Waals surface area contributed by atoms with Gasteiger partial charge in [-0.15, -0.1) is 0 Å². The number of urea groups is 1. The van der Waals surface area contributed by atoms with Crippen LogP contribution in [0.1, 0.15) is 5.56 Å². The molecule has 1 aliphatic rings. The molecule has 2 rings (SSSR count). The van der Waals surface area contributed by atoms with Crippen molar-refractivity contribution >= 4 is 33.9 Å². The van der Waals surface area contributed by atoms with Crippen molar-refractivity contribution in [2.45, 2.75) is 0 Å². The van der Waals surface area contributed by atoms with Crippen LogP contribution in [0.15, 0.2) is 34.4 Å². The quantitative estimate of drug-likeness (QED) is 0.632. The van der Waals surface area contributed by atoms with E-state index in [4.69, 9.17) is 0 Å². The summed E-state index contributed by atoms with van der Waals surface area (Å²) in [6, 6.07) is 7.08. The lowest BCUT2D eigenvalue weighted by atomic mass is 10.2. The molecule has 1 aromatic rings. The van der Waals surface area contributed by atoms with Gasteiger partial charge in [0.1, 0.15) is 5.70 Å². The Kier molecular flexibility index (Phi) is 2.78. The van der Waals surface area contributed by atoms with Crippen molar-refractivity contribution in [3.63, 3.8) is 0 Å². The summed E-state index contributed by atoms with van der Waals surface area (Å²) in [5.74, 6) is -0.315. The number of hydrogen-bond acceptors (Lipinski definition) is 2. The molecule has 0 unspecified atom stereocenters. The second kappa shape index (κ2) is 4.09. The topological polar surface area (TPSA) is 49.4 Å². The Labute approximate surface area is 101 Å². The largest absolute Gasteiger partial charge is 0.328 e. The summed E-state index contributed by atoms with van der Waals surface area (Å²) in [6.45, 7) is 0. The SMILES string of the molecule is CN1C(=O)N/C(=C/c2cccc(Br)c2)C1=O. The number of likely N-dealkylation sites (N-methyl/N-ethyl adjacent to an activating group) is 1. The van der Waals surface area contributed by atoms with Gasteiger partial charge in [-0.3, -0.25) is 9.69 Å². The number of imide groups is 1. The number of hydrogen-bond donors (Lipinski definition) is 1. The Hall–Kier alpha value is -1.62. The van der Waals surface area contributed by atoms with E-state index in [1.165, 1.54) is 7.05 Å². The number of rotatable bonds is 1. The monoisotopic (exact) mass is 280 g/mol. The molecule has 5 heteroatoms. The lowest BCUT2D eigenvalue weighted by Gasteiger charge is -1.99. The zero-order chi connectivity index (χ0) is 11.7. The zero-order valence-corrected chi connectivity index (χ0v) is 10.1. The van der Waals surface area contributed by atoms with Gasteiger partial charge in [-0.05, 0) is 23.8 Å². The summed E-state index contributed by atoms with van der Waals surface area (Å²) in [6.07, 6.45) is 1.65. The number of carbonyl (C=O) groups is 2. The molecular weight excluding hydrogens is 272 g/mol. The molecule has 16 heavy (non-hydrogen) atoms. The molecule has 1 saturated heterocycles. The summed E-state index contributed by atoms with van der Waals surface area (Å²) in [5, 5.41) is 2.50. The first-order valence-electron chi connectivity index (χ1n) is 4.64. The van der Waals surface area contributed by atoms with Crippen molar-refractivity contribution in [2.75, 3.05) is 7.05 Å². The minimum Gasteiger partial charge on any atom is -0.303 e. The predicted octanol–water partition coefficient (Wildman–Crippen LogP) is 1.97. The fraction of sp³-hybridized carbons (Fsp3) is 0.0909. The highest BCUT2D eigenvalue weighted by atomic mass is 79.9. The standard InChI is InChI=1S/C11H9BrN2O2/c1-14-10(15)9(13-11(14)16)6-7-3-2-4-8(12)5-7/h2-6H,1H3,(H,13,16)/b9-6+. The van der Waals surface area contributed by atoms with Gasteiger partial charge in [-0.1, -0.05) is 28.1 Å². The molecule has 1 N–H and O–H groups in total. The average Bonchev–Trinajstić information content (AvgIpc) is 2.47. The lowest BCUT2D eigenvalue weighted by Crippen LogP contribution is -2.25. The van der Waals surface area contributed by atoms with Crippen molar-refractivity contribution in [1.82, 2.24) is 10.2 Å². The molecule has 1 heterocycles. The summed E-state index contributed by atoms with van der Waals surface area (Å²) in [5.41, 5.74) is 1.15. The fourth-order valence-corrected chi connectivity index (χ4v) is 1.80. The van der Waals surface area contributed by atoms with Crippen LogP contribution < -0.4 is 5.32 Å². The molecule has 0 bridgehead atoms. The minimum absolute atomic E-state index is 0.297. The first-order valence-corrected chi connectivity index (χ1v) is 5.43. The van der Waals surface area contributed by atoms with Crippen LogP contribution in [0.2, 0.25) is 0 Å². The van der Waals surface area contributed by atoms with Gasteiger partial charge >= 0.3 is 6.03 Å². The van der Waals surface area contributed by atoms with Crippen LogP contribution in [0.25, 0.3) is 6.08 Å². The molecule has 3 amide bonds. The number of amides is 3. The molecule has 1 fully saturated rings. The van der Waals surface area contributed by atoms with Crippen molar-refractivity contribution in [1.29, 1.82) is 0 Å². The zero-order valence-electron chi connectivity index (χ0n) is 8.53. The molecule has 1 aliphatic heterocycles. The maximum Gasteiger partial charge on any atom is 0.328 e. The van der Waals surface area contributed by atoms with Gasteiger partial charge in [-0.25, -0.2) is 4.79 Å². The molecule has 1 aromatic carbocycles. The van der Waals surface area contributed by atoms with Gasteiger partial charge in [0.25, 0.3) is 5.91 Å². The van der Waals surface area contributed by atoms with E-state index in [1.807, 2.05) is 24.3 Å². The van der Waals surface area contributed by atoms with E-state index >= 15 is 0 Å². The fourth-order valence-electron chi connectivity index (χ4n) is 1.39. The first-order chi connectivity index (χ1) is 7.58. The molecule has 0 spiro atoms. The van der Waals surface area contributed by atoms with E-state index < -0.39 is 6.03 Å². The second-order valence-corrected chi connectivity index (χ2v) is 4.32. The summed E-state index contributed by atoms with van der Waals surface area (Å²) >= 11 is 3.34.